The van der Waals surface area contributed by atoms with Crippen LogP contribution in [0, 0.1) is 0 Å². The summed E-state index contributed by atoms with van der Waals surface area (Å²) in [5.41, 5.74) is 1.39. The molecule has 1 aromatic heterocycles. The van der Waals surface area contributed by atoms with E-state index in [1.807, 2.05) is 20.8 Å². The Morgan fingerprint density at radius 2 is 2.07 bits per heavy atom. The van der Waals surface area contributed by atoms with Crippen molar-refractivity contribution in [1.82, 2.24) is 4.90 Å². The monoisotopic (exact) mass is 558 g/mol. The quantitative estimate of drug-likeness (QED) is 0.385. The summed E-state index contributed by atoms with van der Waals surface area (Å²) in [6, 6.07) is 1.67. The largest absolute Gasteiger partial charge is 0.504 e. The Kier molecular flexibility index (Phi) is 6.96. The maximum Gasteiger partial charge on any atom is 0.342 e. The lowest BCUT2D eigenvalue weighted by Gasteiger charge is -2.23. The predicted octanol–water partition coefficient (Wildman–Crippen LogP) is 5.68. The highest BCUT2D eigenvalue weighted by molar-refractivity contribution is 9.13. The Morgan fingerprint density at radius 1 is 1.37 bits per heavy atom. The van der Waals surface area contributed by atoms with Crippen LogP contribution in [0.2, 0.25) is 0 Å². The van der Waals surface area contributed by atoms with Crippen LogP contribution in [-0.2, 0) is 17.7 Å². The summed E-state index contributed by atoms with van der Waals surface area (Å²) in [5, 5.41) is 11.1. The van der Waals surface area contributed by atoms with Gasteiger partial charge in [-0.25, -0.2) is 9.79 Å². The van der Waals surface area contributed by atoms with Crippen LogP contribution in [0.25, 0.3) is 0 Å². The van der Waals surface area contributed by atoms with Gasteiger partial charge in [-0.2, -0.15) is 0 Å². The fourth-order valence-corrected chi connectivity index (χ4v) is 5.24. The van der Waals surface area contributed by atoms with Crippen molar-refractivity contribution in [2.45, 2.75) is 39.3 Å². The lowest BCUT2D eigenvalue weighted by Crippen LogP contribution is -2.28. The van der Waals surface area contributed by atoms with Crippen LogP contribution >= 0.6 is 43.2 Å². The zero-order valence-corrected chi connectivity index (χ0v) is 21.5. The van der Waals surface area contributed by atoms with E-state index in [4.69, 9.17) is 9.47 Å². The van der Waals surface area contributed by atoms with Gasteiger partial charge in [0, 0.05) is 33.1 Å². The lowest BCUT2D eigenvalue weighted by molar-refractivity contribution is 0.00694. The SMILES string of the molecule is COc1cc(Br)c(Br)c(/C=N/c2sc3c(c2C(=O)OC(C)(C)C)CCN(C)C3)c1O. The number of methoxy groups -OCH3 is 1. The van der Waals surface area contributed by atoms with Gasteiger partial charge in [0.25, 0.3) is 0 Å². The van der Waals surface area contributed by atoms with E-state index in [0.29, 0.717) is 26.4 Å². The van der Waals surface area contributed by atoms with Crippen LogP contribution in [0.3, 0.4) is 0 Å². The zero-order valence-electron chi connectivity index (χ0n) is 17.5. The molecule has 9 heteroatoms. The number of halogens is 2. The first kappa shape index (κ1) is 23.2. The van der Waals surface area contributed by atoms with Gasteiger partial charge in [0.15, 0.2) is 11.5 Å². The van der Waals surface area contributed by atoms with Crippen molar-refractivity contribution in [3.63, 3.8) is 0 Å². The highest BCUT2D eigenvalue weighted by Gasteiger charge is 2.30. The number of phenols is 1. The first-order valence-electron chi connectivity index (χ1n) is 9.37. The Morgan fingerprint density at radius 3 is 2.70 bits per heavy atom. The van der Waals surface area contributed by atoms with Crippen molar-refractivity contribution >= 4 is 60.4 Å². The van der Waals surface area contributed by atoms with E-state index in [9.17, 15) is 9.90 Å². The molecule has 1 aromatic carbocycles. The first-order chi connectivity index (χ1) is 14.0. The van der Waals surface area contributed by atoms with E-state index < -0.39 is 5.60 Å². The lowest BCUT2D eigenvalue weighted by atomic mass is 10.0. The molecule has 0 fully saturated rings. The minimum atomic E-state index is -0.600. The summed E-state index contributed by atoms with van der Waals surface area (Å²) in [6.45, 7) is 7.19. The third-order valence-corrected chi connectivity index (χ3v) is 7.69. The maximum absolute atomic E-state index is 13.0. The number of thiophene rings is 1. The molecule has 2 aromatic rings. The van der Waals surface area contributed by atoms with Crippen LogP contribution < -0.4 is 4.74 Å². The highest BCUT2D eigenvalue weighted by Crippen LogP contribution is 2.42. The molecular weight excluding hydrogens is 536 g/mol. The van der Waals surface area contributed by atoms with E-state index in [-0.39, 0.29) is 11.7 Å². The minimum absolute atomic E-state index is 0.0313. The summed E-state index contributed by atoms with van der Waals surface area (Å²) in [6.07, 6.45) is 2.31. The molecule has 6 nitrogen and oxygen atoms in total. The molecule has 0 bridgehead atoms. The van der Waals surface area contributed by atoms with Crippen LogP contribution in [0.1, 0.15) is 47.1 Å². The standard InChI is InChI=1S/C21H24Br2N2O4S/c1-21(2,3)29-20(27)16-11-6-7-25(4)10-15(11)30-19(16)24-9-12-17(23)13(22)8-14(28-5)18(12)26/h8-9,26H,6-7,10H2,1-5H3/b24-9+. The average molecular weight is 560 g/mol. The number of aromatic hydroxyl groups is 1. The molecule has 2 heterocycles. The van der Waals surface area contributed by atoms with Crippen molar-refractivity contribution in [2.24, 2.45) is 4.99 Å². The Hall–Kier alpha value is -1.42. The molecule has 0 amide bonds. The number of hydrogen-bond acceptors (Lipinski definition) is 7. The Bertz CT molecular complexity index is 1010. The van der Waals surface area contributed by atoms with Gasteiger partial charge >= 0.3 is 5.97 Å². The molecule has 0 spiro atoms. The van der Waals surface area contributed by atoms with Gasteiger partial charge in [-0.15, -0.1) is 11.3 Å². The normalized spacial score (nSPS) is 14.8. The second-order valence-electron chi connectivity index (χ2n) is 8.07. The molecule has 3 rings (SSSR count). The number of ether oxygens (including phenoxy) is 2. The van der Waals surface area contributed by atoms with Crippen molar-refractivity contribution in [2.75, 3.05) is 20.7 Å². The molecule has 162 valence electrons. The zero-order chi connectivity index (χ0) is 22.2. The van der Waals surface area contributed by atoms with Gasteiger partial charge in [-0.1, -0.05) is 0 Å². The summed E-state index contributed by atoms with van der Waals surface area (Å²) in [5.74, 6) is -0.0750. The predicted molar refractivity (Wildman–Crippen MR) is 127 cm³/mol. The van der Waals surface area contributed by atoms with E-state index in [0.717, 1.165) is 34.4 Å². The number of fused-ring (bicyclic) bond motifs is 1. The number of likely N-dealkylation sites (N-methyl/N-ethyl adjacent to an activating group) is 1. The van der Waals surface area contributed by atoms with Gasteiger partial charge in [-0.05, 0) is 77.7 Å². The number of nitrogens with zero attached hydrogens (tertiary/aromatic N) is 2. The molecule has 0 atom stereocenters. The molecule has 1 aliphatic heterocycles. The number of esters is 1. The first-order valence-corrected chi connectivity index (χ1v) is 11.8. The fourth-order valence-electron chi connectivity index (χ4n) is 3.16. The number of benzene rings is 1. The van der Waals surface area contributed by atoms with E-state index in [1.54, 1.807) is 12.3 Å². The molecule has 1 N–H and O–H groups in total. The Balaban J connectivity index is 2.09. The molecule has 0 saturated heterocycles. The van der Waals surface area contributed by atoms with E-state index in [1.165, 1.54) is 18.4 Å². The van der Waals surface area contributed by atoms with Crippen LogP contribution in [-0.4, -0.2) is 48.5 Å². The van der Waals surface area contributed by atoms with Crippen molar-refractivity contribution in [3.8, 4) is 11.5 Å². The summed E-state index contributed by atoms with van der Waals surface area (Å²) >= 11 is 8.40. The summed E-state index contributed by atoms with van der Waals surface area (Å²) < 4.78 is 12.3. The average Bonchev–Trinajstić information content (AvgIpc) is 3.00. The third-order valence-electron chi connectivity index (χ3n) is 4.56. The number of carbonyl (C=O) groups excluding carboxylic acids is 1. The molecule has 1 aliphatic rings. The third kappa shape index (κ3) is 4.90. The number of carbonyl (C=O) groups is 1. The second kappa shape index (κ2) is 8.98. The summed E-state index contributed by atoms with van der Waals surface area (Å²) in [7, 11) is 3.54. The molecule has 0 aliphatic carbocycles. The molecule has 0 unspecified atom stereocenters. The van der Waals surface area contributed by atoms with Gasteiger partial charge in [-0.3, -0.25) is 0 Å². The number of hydrogen-bond donors (Lipinski definition) is 1. The minimum Gasteiger partial charge on any atom is -0.504 e. The van der Waals surface area contributed by atoms with Gasteiger partial charge in [0.1, 0.15) is 10.6 Å². The number of rotatable bonds is 4. The summed E-state index contributed by atoms with van der Waals surface area (Å²) in [4.78, 5) is 20.9. The second-order valence-corrected chi connectivity index (χ2v) is 10.8. The van der Waals surface area contributed by atoms with Gasteiger partial charge in [0.2, 0.25) is 0 Å². The van der Waals surface area contributed by atoms with E-state index in [2.05, 4.69) is 48.8 Å². The van der Waals surface area contributed by atoms with Crippen LogP contribution in [0.15, 0.2) is 20.0 Å². The van der Waals surface area contributed by atoms with Gasteiger partial charge in [0.05, 0.1) is 18.2 Å². The van der Waals surface area contributed by atoms with Crippen LogP contribution in [0.4, 0.5) is 5.00 Å². The Labute approximate surface area is 197 Å². The molecule has 0 saturated carbocycles. The van der Waals surface area contributed by atoms with Crippen molar-refractivity contribution < 1.29 is 19.4 Å². The fraction of sp³-hybridized carbons (Fsp3) is 0.429. The topological polar surface area (TPSA) is 71.4 Å². The van der Waals surface area contributed by atoms with Crippen molar-refractivity contribution in [1.29, 1.82) is 0 Å². The van der Waals surface area contributed by atoms with Crippen molar-refractivity contribution in [3.05, 3.63) is 36.6 Å². The number of phenolic OH excluding ortho intramolecular Hbond substituents is 1. The molecule has 0 radical (unpaired) electrons. The van der Waals surface area contributed by atoms with Crippen LogP contribution in [0.5, 0.6) is 11.5 Å². The smallest absolute Gasteiger partial charge is 0.342 e. The maximum atomic E-state index is 13.0. The molecule has 30 heavy (non-hydrogen) atoms. The van der Waals surface area contributed by atoms with E-state index >= 15 is 0 Å². The molecular formula is C21H24Br2N2O4S. The highest BCUT2D eigenvalue weighted by atomic mass is 79.9. The van der Waals surface area contributed by atoms with Gasteiger partial charge < -0.3 is 19.5 Å². The number of aliphatic imine (C=N–C) groups is 1.